The zero-order valence-electron chi connectivity index (χ0n) is 29.6. The SMILES string of the molecule is CC(C)CNCCCNCC(C)(C)C(N)Cc1cc(CC(N)C(C)(C)CNCCCNCC(C)C)cc(-c2ccccc2)c1. The molecule has 0 saturated carbocycles. The molecule has 0 aliphatic carbocycles. The molecule has 0 aliphatic heterocycles. The van der Waals surface area contributed by atoms with Crippen molar-refractivity contribution in [3.05, 3.63) is 59.7 Å². The lowest BCUT2D eigenvalue weighted by Gasteiger charge is -2.33. The van der Waals surface area contributed by atoms with Crippen molar-refractivity contribution < 1.29 is 0 Å². The van der Waals surface area contributed by atoms with Gasteiger partial charge in [-0.25, -0.2) is 0 Å². The van der Waals surface area contributed by atoms with Gasteiger partial charge >= 0.3 is 0 Å². The fourth-order valence-corrected chi connectivity index (χ4v) is 5.40. The minimum absolute atomic E-state index is 0.0252. The van der Waals surface area contributed by atoms with Crippen LogP contribution in [0.15, 0.2) is 48.5 Å². The van der Waals surface area contributed by atoms with Crippen molar-refractivity contribution in [2.45, 2.75) is 93.2 Å². The van der Waals surface area contributed by atoms with Crippen LogP contribution in [0.4, 0.5) is 0 Å². The van der Waals surface area contributed by atoms with E-state index in [-0.39, 0.29) is 22.9 Å². The van der Waals surface area contributed by atoms with Crippen LogP contribution in [-0.4, -0.2) is 64.4 Å². The summed E-state index contributed by atoms with van der Waals surface area (Å²) < 4.78 is 0. The summed E-state index contributed by atoms with van der Waals surface area (Å²) in [5.41, 5.74) is 18.8. The number of benzene rings is 2. The third kappa shape index (κ3) is 15.0. The number of nitrogens with two attached hydrogens (primary N) is 2. The van der Waals surface area contributed by atoms with Crippen LogP contribution in [0.5, 0.6) is 0 Å². The Balaban J connectivity index is 2.02. The molecular formula is C38H68N6. The van der Waals surface area contributed by atoms with Gasteiger partial charge in [0, 0.05) is 25.2 Å². The first-order chi connectivity index (χ1) is 20.8. The van der Waals surface area contributed by atoms with Gasteiger partial charge in [0.15, 0.2) is 0 Å². The molecule has 0 radical (unpaired) electrons. The average Bonchev–Trinajstić information content (AvgIpc) is 2.96. The first kappa shape index (κ1) is 38.4. The summed E-state index contributed by atoms with van der Waals surface area (Å²) in [6.07, 6.45) is 3.93. The Kier molecular flexibility index (Phi) is 17.1. The maximum Gasteiger partial charge on any atom is 0.0143 e. The van der Waals surface area contributed by atoms with Gasteiger partial charge in [0.05, 0.1) is 0 Å². The first-order valence-electron chi connectivity index (χ1n) is 17.3. The minimum Gasteiger partial charge on any atom is -0.327 e. The van der Waals surface area contributed by atoms with Crippen LogP contribution in [0.3, 0.4) is 0 Å². The maximum atomic E-state index is 6.91. The molecule has 6 nitrogen and oxygen atoms in total. The van der Waals surface area contributed by atoms with Crippen LogP contribution >= 0.6 is 0 Å². The highest BCUT2D eigenvalue weighted by Gasteiger charge is 2.28. The van der Waals surface area contributed by atoms with Gasteiger partial charge in [-0.05, 0) is 110 Å². The second-order valence-corrected chi connectivity index (χ2v) is 15.3. The van der Waals surface area contributed by atoms with E-state index in [4.69, 9.17) is 11.5 Å². The van der Waals surface area contributed by atoms with Crippen LogP contribution in [-0.2, 0) is 12.8 Å². The Morgan fingerprint density at radius 3 is 1.39 bits per heavy atom. The van der Waals surface area contributed by atoms with Crippen molar-refractivity contribution in [1.82, 2.24) is 21.3 Å². The van der Waals surface area contributed by atoms with Crippen molar-refractivity contribution in [3.63, 3.8) is 0 Å². The highest BCUT2D eigenvalue weighted by Crippen LogP contribution is 2.28. The van der Waals surface area contributed by atoms with Crippen molar-refractivity contribution in [2.24, 2.45) is 34.1 Å². The molecule has 0 fully saturated rings. The predicted molar refractivity (Wildman–Crippen MR) is 193 cm³/mol. The molecule has 2 unspecified atom stereocenters. The van der Waals surface area contributed by atoms with E-state index in [1.165, 1.54) is 22.3 Å². The second kappa shape index (κ2) is 19.7. The lowest BCUT2D eigenvalue weighted by atomic mass is 9.79. The van der Waals surface area contributed by atoms with E-state index < -0.39 is 0 Å². The molecule has 250 valence electrons. The van der Waals surface area contributed by atoms with Crippen molar-refractivity contribution in [3.8, 4) is 11.1 Å². The molecule has 0 aliphatic rings. The summed E-state index contributed by atoms with van der Waals surface area (Å²) in [7, 11) is 0. The molecule has 0 bridgehead atoms. The molecule has 0 aromatic heterocycles. The molecule has 2 rings (SSSR count). The molecule has 8 N–H and O–H groups in total. The first-order valence-corrected chi connectivity index (χ1v) is 17.3. The molecule has 0 heterocycles. The number of hydrogen-bond acceptors (Lipinski definition) is 6. The molecule has 0 saturated heterocycles. The van der Waals surface area contributed by atoms with Gasteiger partial charge in [-0.2, -0.15) is 0 Å². The molecular weight excluding hydrogens is 540 g/mol. The maximum absolute atomic E-state index is 6.91. The van der Waals surface area contributed by atoms with Gasteiger partial charge in [-0.3, -0.25) is 0 Å². The van der Waals surface area contributed by atoms with Gasteiger partial charge in [0.2, 0.25) is 0 Å². The lowest BCUT2D eigenvalue weighted by Crippen LogP contribution is -2.46. The van der Waals surface area contributed by atoms with E-state index in [1.54, 1.807) is 0 Å². The number of nitrogens with one attached hydrogen (secondary N) is 4. The van der Waals surface area contributed by atoms with Crippen molar-refractivity contribution in [2.75, 3.05) is 52.4 Å². The molecule has 2 aromatic carbocycles. The highest BCUT2D eigenvalue weighted by molar-refractivity contribution is 5.65. The summed E-state index contributed by atoms with van der Waals surface area (Å²) in [6.45, 7) is 26.2. The summed E-state index contributed by atoms with van der Waals surface area (Å²) in [5.74, 6) is 1.38. The van der Waals surface area contributed by atoms with Gasteiger partial charge < -0.3 is 32.7 Å². The Hall–Kier alpha value is -1.80. The number of hydrogen-bond donors (Lipinski definition) is 6. The Bertz CT molecular complexity index is 973. The quantitative estimate of drug-likeness (QED) is 0.0920. The van der Waals surface area contributed by atoms with E-state index in [2.05, 4.69) is 125 Å². The van der Waals surface area contributed by atoms with Gasteiger partial charge in [0.25, 0.3) is 0 Å². The Morgan fingerprint density at radius 1 is 0.568 bits per heavy atom. The van der Waals surface area contributed by atoms with Gasteiger partial charge in [-0.15, -0.1) is 0 Å². The highest BCUT2D eigenvalue weighted by atomic mass is 14.9. The fourth-order valence-electron chi connectivity index (χ4n) is 5.40. The van der Waals surface area contributed by atoms with E-state index in [9.17, 15) is 0 Å². The minimum atomic E-state index is -0.0252. The van der Waals surface area contributed by atoms with E-state index in [0.717, 1.165) is 78.0 Å². The topological polar surface area (TPSA) is 100 Å². The van der Waals surface area contributed by atoms with Crippen LogP contribution in [0.25, 0.3) is 11.1 Å². The number of rotatable bonds is 23. The second-order valence-electron chi connectivity index (χ2n) is 15.3. The van der Waals surface area contributed by atoms with Crippen LogP contribution < -0.4 is 32.7 Å². The third-order valence-corrected chi connectivity index (χ3v) is 8.76. The predicted octanol–water partition coefficient (Wildman–Crippen LogP) is 5.60. The van der Waals surface area contributed by atoms with E-state index >= 15 is 0 Å². The zero-order chi connectivity index (χ0) is 32.6. The van der Waals surface area contributed by atoms with Crippen molar-refractivity contribution >= 4 is 0 Å². The monoisotopic (exact) mass is 609 g/mol. The Morgan fingerprint density at radius 2 is 0.977 bits per heavy atom. The van der Waals surface area contributed by atoms with Gasteiger partial charge in [-0.1, -0.05) is 104 Å². The molecule has 2 atom stereocenters. The third-order valence-electron chi connectivity index (χ3n) is 8.76. The summed E-state index contributed by atoms with van der Waals surface area (Å²) in [5, 5.41) is 14.4. The zero-order valence-corrected chi connectivity index (χ0v) is 29.6. The fraction of sp³-hybridized carbons (Fsp3) is 0.684. The standard InChI is InChI=1S/C38H68N6/c1-29(2)25-41-16-12-18-43-27-37(5,6)35(39)23-31-20-32(22-34(21-31)33-14-10-9-11-15-33)24-36(40)38(7,8)28-44-19-13-17-42-26-30(3)4/h9-11,14-15,20-22,29-30,35-36,41-44H,12-13,16-19,23-28,39-40H2,1-8H3. The largest absolute Gasteiger partial charge is 0.327 e. The smallest absolute Gasteiger partial charge is 0.0143 e. The normalized spacial score (nSPS) is 14.0. The lowest BCUT2D eigenvalue weighted by molar-refractivity contribution is 0.267. The van der Waals surface area contributed by atoms with Crippen LogP contribution in [0, 0.1) is 22.7 Å². The van der Waals surface area contributed by atoms with Gasteiger partial charge in [0.1, 0.15) is 0 Å². The molecule has 6 heteroatoms. The summed E-state index contributed by atoms with van der Waals surface area (Å²) >= 11 is 0. The molecule has 0 spiro atoms. The summed E-state index contributed by atoms with van der Waals surface area (Å²) in [6, 6.07) is 17.8. The van der Waals surface area contributed by atoms with E-state index in [0.29, 0.717) is 11.8 Å². The summed E-state index contributed by atoms with van der Waals surface area (Å²) in [4.78, 5) is 0. The van der Waals surface area contributed by atoms with Crippen LogP contribution in [0.2, 0.25) is 0 Å². The van der Waals surface area contributed by atoms with Crippen LogP contribution in [0.1, 0.15) is 79.4 Å². The Labute approximate surface area is 271 Å². The van der Waals surface area contributed by atoms with E-state index in [1.807, 2.05) is 0 Å². The van der Waals surface area contributed by atoms with Crippen molar-refractivity contribution in [1.29, 1.82) is 0 Å². The molecule has 44 heavy (non-hydrogen) atoms. The molecule has 2 aromatic rings. The average molecular weight is 609 g/mol. The molecule has 0 amide bonds.